The van der Waals surface area contributed by atoms with Crippen LogP contribution in [0.5, 0.6) is 0 Å². The van der Waals surface area contributed by atoms with Crippen LogP contribution in [-0.4, -0.2) is 16.7 Å². The van der Waals surface area contributed by atoms with E-state index in [1.807, 2.05) is 0 Å². The van der Waals surface area contributed by atoms with Gasteiger partial charge in [0.05, 0.1) is 13.3 Å². The van der Waals surface area contributed by atoms with Crippen molar-refractivity contribution in [1.29, 1.82) is 0 Å². The lowest BCUT2D eigenvalue weighted by atomic mass is 9.75. The van der Waals surface area contributed by atoms with E-state index in [4.69, 9.17) is 0 Å². The molecule has 1 fully saturated rings. The summed E-state index contributed by atoms with van der Waals surface area (Å²) in [5.41, 5.74) is -4.40. The van der Waals surface area contributed by atoms with Gasteiger partial charge in [-0.2, -0.15) is 13.2 Å². The summed E-state index contributed by atoms with van der Waals surface area (Å²) >= 11 is 0. The maximum atomic E-state index is 14.4. The van der Waals surface area contributed by atoms with Gasteiger partial charge in [0.25, 0.3) is 5.66 Å². The average molecular weight is 286 g/mol. The maximum Gasteiger partial charge on any atom is 0.411 e. The number of hydrogen-bond acceptors (Lipinski definition) is 0. The zero-order valence-electron chi connectivity index (χ0n) is 10.9. The van der Waals surface area contributed by atoms with Crippen molar-refractivity contribution in [1.82, 2.24) is 0 Å². The molecule has 2 bridgehead atoms. The smallest absolute Gasteiger partial charge is 0.200 e. The van der Waals surface area contributed by atoms with Gasteiger partial charge in [0.2, 0.25) is 0 Å². The van der Waals surface area contributed by atoms with Crippen molar-refractivity contribution < 1.29 is 22.0 Å². The quantitative estimate of drug-likeness (QED) is 0.320. The van der Waals surface area contributed by atoms with Crippen LogP contribution in [0.15, 0.2) is 11.1 Å². The zero-order valence-corrected chi connectivity index (χ0v) is 11.8. The van der Waals surface area contributed by atoms with Crippen molar-refractivity contribution in [2.45, 2.75) is 51.4 Å². The molecule has 1 heterocycles. The summed E-state index contributed by atoms with van der Waals surface area (Å²) in [6.07, 6.45) is 0. The van der Waals surface area contributed by atoms with Crippen LogP contribution in [0.25, 0.3) is 0 Å². The lowest BCUT2D eigenvalue weighted by Gasteiger charge is -2.42. The minimum absolute atomic E-state index is 0.436. The Morgan fingerprint density at radius 1 is 1.06 bits per heavy atom. The Balaban J connectivity index is 2.77. The van der Waals surface area contributed by atoms with E-state index in [0.717, 1.165) is 0 Å². The van der Waals surface area contributed by atoms with Gasteiger partial charge in [-0.05, 0) is 26.7 Å². The van der Waals surface area contributed by atoms with E-state index in [2.05, 4.69) is 0 Å². The van der Waals surface area contributed by atoms with Crippen LogP contribution in [0.1, 0.15) is 34.6 Å². The molecule has 18 heavy (non-hydrogen) atoms. The van der Waals surface area contributed by atoms with E-state index in [0.29, 0.717) is 11.1 Å². The predicted octanol–water partition coefficient (Wildman–Crippen LogP) is 5.35. The lowest BCUT2D eigenvalue weighted by molar-refractivity contribution is -0.0665. The van der Waals surface area contributed by atoms with E-state index >= 15 is 0 Å². The van der Waals surface area contributed by atoms with Gasteiger partial charge in [0.1, 0.15) is 0 Å². The number of rotatable bonds is 0. The third-order valence-corrected chi connectivity index (χ3v) is 8.62. The summed E-state index contributed by atoms with van der Waals surface area (Å²) < 4.78 is 68.1. The van der Waals surface area contributed by atoms with Gasteiger partial charge in [0.15, 0.2) is 0 Å². The normalized spacial score (nSPS) is 47.0. The van der Waals surface area contributed by atoms with Crippen molar-refractivity contribution in [2.75, 3.05) is 0 Å². The van der Waals surface area contributed by atoms with Crippen LogP contribution in [-0.2, 0) is 0 Å². The molecular weight excluding hydrogens is 270 g/mol. The Morgan fingerprint density at radius 2 is 1.50 bits per heavy atom. The third-order valence-electron chi connectivity index (χ3n) is 5.43. The molecule has 2 aliphatic rings. The molecule has 104 valence electrons. The molecule has 0 radical (unpaired) electrons. The topological polar surface area (TPSA) is 0 Å². The van der Waals surface area contributed by atoms with Gasteiger partial charge < -0.3 is 0 Å². The van der Waals surface area contributed by atoms with E-state index in [1.54, 1.807) is 13.8 Å². The minimum atomic E-state index is -4.82. The van der Waals surface area contributed by atoms with Gasteiger partial charge in [-0.25, -0.2) is 8.78 Å². The largest absolute Gasteiger partial charge is 0.411 e. The molecule has 0 nitrogen and oxygen atoms in total. The fourth-order valence-electron chi connectivity index (χ4n) is 3.77. The highest BCUT2D eigenvalue weighted by atomic mass is 31.1. The summed E-state index contributed by atoms with van der Waals surface area (Å²) in [5, 5.41) is -1.43. The van der Waals surface area contributed by atoms with E-state index < -0.39 is 36.0 Å². The fourth-order valence-corrected chi connectivity index (χ4v) is 7.18. The molecule has 4 unspecified atom stereocenters. The van der Waals surface area contributed by atoms with Gasteiger partial charge in [-0.15, -0.1) is 0 Å². The average Bonchev–Trinajstić information content (AvgIpc) is 2.39. The predicted molar refractivity (Wildman–Crippen MR) is 62.0 cm³/mol. The van der Waals surface area contributed by atoms with Crippen LogP contribution in [0, 0.1) is 11.3 Å². The molecule has 0 N–H and O–H groups in total. The number of allylic oxidation sites excluding steroid dienone is 2. The van der Waals surface area contributed by atoms with Gasteiger partial charge in [0, 0.05) is 5.16 Å². The van der Waals surface area contributed by atoms with E-state index in [9.17, 15) is 22.0 Å². The molecule has 6 heteroatoms. The highest BCUT2D eigenvalue weighted by molar-refractivity contribution is 7.62. The van der Waals surface area contributed by atoms with Crippen LogP contribution >= 0.6 is 7.92 Å². The van der Waals surface area contributed by atoms with Crippen molar-refractivity contribution >= 4 is 7.92 Å². The van der Waals surface area contributed by atoms with Crippen LogP contribution in [0.4, 0.5) is 22.0 Å². The monoisotopic (exact) mass is 286 g/mol. The first kappa shape index (κ1) is 14.2. The van der Waals surface area contributed by atoms with Crippen LogP contribution in [0.2, 0.25) is 0 Å². The number of fused-ring (bicyclic) bond motifs is 2. The molecule has 1 aliphatic heterocycles. The third kappa shape index (κ3) is 1.16. The first-order valence-electron chi connectivity index (χ1n) is 5.77. The molecule has 0 spiro atoms. The van der Waals surface area contributed by atoms with Gasteiger partial charge >= 0.3 is 5.92 Å². The molecule has 0 aromatic heterocycles. The molecule has 0 aromatic carbocycles. The summed E-state index contributed by atoms with van der Waals surface area (Å²) in [6.45, 7) is 7.31. The van der Waals surface area contributed by atoms with Crippen molar-refractivity contribution in [3.8, 4) is 0 Å². The van der Waals surface area contributed by atoms with Crippen LogP contribution < -0.4 is 0 Å². The molecule has 4 atom stereocenters. The first-order chi connectivity index (χ1) is 7.84. The number of halogens is 5. The summed E-state index contributed by atoms with van der Waals surface area (Å²) in [6, 6.07) is 0. The molecule has 0 aromatic rings. The SMILES string of the molecule is CC1=C(C)C2(C)C(C)C1(C)P(C(F)(F)F)C2(F)F. The standard InChI is InChI=1S/C12H16F5P/c1-6-7(2)10(5)8(3)9(6,4)11(13,14)18(10)12(15,16)17/h8H,1-5H3. The summed E-state index contributed by atoms with van der Waals surface area (Å²) in [5.74, 6) is -5.51. The van der Waals surface area contributed by atoms with Gasteiger partial charge in [-0.1, -0.05) is 25.0 Å². The number of alkyl halides is 5. The molecule has 1 aliphatic carbocycles. The zero-order chi connectivity index (χ0) is 14.3. The first-order valence-corrected chi connectivity index (χ1v) is 7.11. The van der Waals surface area contributed by atoms with Crippen molar-refractivity contribution in [2.24, 2.45) is 11.3 Å². The molecule has 1 saturated heterocycles. The Labute approximate surface area is 104 Å². The van der Waals surface area contributed by atoms with Crippen LogP contribution in [0.3, 0.4) is 0 Å². The Hall–Kier alpha value is -0.180. The lowest BCUT2D eigenvalue weighted by Crippen LogP contribution is -2.39. The molecular formula is C12H16F5P. The Kier molecular flexibility index (Phi) is 2.59. The molecule has 0 amide bonds. The van der Waals surface area contributed by atoms with Crippen molar-refractivity contribution in [3.63, 3.8) is 0 Å². The maximum absolute atomic E-state index is 14.4. The van der Waals surface area contributed by atoms with Gasteiger partial charge in [-0.3, -0.25) is 0 Å². The summed E-state index contributed by atoms with van der Waals surface area (Å²) in [4.78, 5) is 0. The minimum Gasteiger partial charge on any atom is -0.200 e. The van der Waals surface area contributed by atoms with E-state index in [-0.39, 0.29) is 0 Å². The highest BCUT2D eigenvalue weighted by Crippen LogP contribution is 2.89. The molecule has 0 saturated carbocycles. The Bertz CT molecular complexity index is 438. The highest BCUT2D eigenvalue weighted by Gasteiger charge is 2.82. The second kappa shape index (κ2) is 3.28. The second-order valence-corrected chi connectivity index (χ2v) is 8.33. The fraction of sp³-hybridized carbons (Fsp3) is 0.833. The van der Waals surface area contributed by atoms with Crippen molar-refractivity contribution in [3.05, 3.63) is 11.1 Å². The Morgan fingerprint density at radius 3 is 1.83 bits per heavy atom. The van der Waals surface area contributed by atoms with E-state index in [1.165, 1.54) is 20.8 Å². The summed E-state index contributed by atoms with van der Waals surface area (Å²) in [7, 11) is -3.37. The molecule has 2 rings (SSSR count). The number of hydrogen-bond donors (Lipinski definition) is 0. The second-order valence-electron chi connectivity index (χ2n) is 5.67.